The molecule has 2 heterocycles. The van der Waals surface area contributed by atoms with Crippen molar-refractivity contribution in [1.82, 2.24) is 0 Å². The van der Waals surface area contributed by atoms with Gasteiger partial charge < -0.3 is 10.1 Å². The molecule has 0 saturated carbocycles. The van der Waals surface area contributed by atoms with Crippen LogP contribution in [-0.4, -0.2) is 12.5 Å². The number of benzene rings is 2. The Kier molecular flexibility index (Phi) is 3.01. The highest BCUT2D eigenvalue weighted by atomic mass is 35.5. The van der Waals surface area contributed by atoms with E-state index in [9.17, 15) is 4.79 Å². The van der Waals surface area contributed by atoms with Crippen molar-refractivity contribution < 1.29 is 9.53 Å². The molecule has 4 heteroatoms. The molecule has 2 aromatic rings. The maximum Gasteiger partial charge on any atom is 0.256 e. The van der Waals surface area contributed by atoms with E-state index < -0.39 is 0 Å². The number of amides is 1. The number of nitrogens with one attached hydrogen (secondary N) is 1. The number of carbonyl (C=O) groups is 1. The predicted octanol–water partition coefficient (Wildman–Crippen LogP) is 4.15. The van der Waals surface area contributed by atoms with Gasteiger partial charge in [-0.2, -0.15) is 0 Å². The lowest BCUT2D eigenvalue weighted by Gasteiger charge is -2.16. The van der Waals surface area contributed by atoms with Crippen LogP contribution in [-0.2, 0) is 4.79 Å². The molecule has 0 aliphatic carbocycles. The van der Waals surface area contributed by atoms with Gasteiger partial charge in [0.05, 0.1) is 0 Å². The number of hydrogen-bond acceptors (Lipinski definition) is 2. The van der Waals surface area contributed by atoms with E-state index in [0.29, 0.717) is 17.2 Å². The van der Waals surface area contributed by atoms with E-state index in [0.717, 1.165) is 28.1 Å². The largest absolute Gasteiger partial charge is 0.488 e. The second kappa shape index (κ2) is 5.04. The topological polar surface area (TPSA) is 38.3 Å². The number of fused-ring (bicyclic) bond motifs is 2. The van der Waals surface area contributed by atoms with Gasteiger partial charge in [0.2, 0.25) is 0 Å². The van der Waals surface area contributed by atoms with E-state index in [-0.39, 0.29) is 5.91 Å². The van der Waals surface area contributed by atoms with Crippen LogP contribution in [0.25, 0.3) is 11.6 Å². The predicted molar refractivity (Wildman–Crippen MR) is 88.0 cm³/mol. The molecule has 0 fully saturated rings. The fourth-order valence-electron chi connectivity index (χ4n) is 2.72. The zero-order valence-electron chi connectivity index (χ0n) is 11.6. The Morgan fingerprint density at radius 3 is 2.95 bits per heavy atom. The summed E-state index contributed by atoms with van der Waals surface area (Å²) >= 11 is 6.02. The highest BCUT2D eigenvalue weighted by molar-refractivity contribution is 6.32. The summed E-state index contributed by atoms with van der Waals surface area (Å²) in [6.07, 6.45) is 3.89. The van der Waals surface area contributed by atoms with Gasteiger partial charge in [-0.1, -0.05) is 29.8 Å². The van der Waals surface area contributed by atoms with E-state index in [4.69, 9.17) is 16.3 Å². The van der Waals surface area contributed by atoms with E-state index in [2.05, 4.69) is 5.32 Å². The number of hydrogen-bond donors (Lipinski definition) is 1. The molecule has 1 N–H and O–H groups in total. The van der Waals surface area contributed by atoms with Crippen LogP contribution in [0.5, 0.6) is 5.75 Å². The monoisotopic (exact) mass is 309 g/mol. The minimum absolute atomic E-state index is 0.0843. The molecule has 0 atom stereocenters. The van der Waals surface area contributed by atoms with Crippen LogP contribution in [0.4, 0.5) is 5.69 Å². The first-order valence-corrected chi connectivity index (χ1v) is 7.34. The summed E-state index contributed by atoms with van der Waals surface area (Å²) in [5.41, 5.74) is 4.30. The molecular weight excluding hydrogens is 298 g/mol. The normalized spacial score (nSPS) is 17.4. The first kappa shape index (κ1) is 13.2. The molecule has 0 saturated heterocycles. The molecule has 0 unspecified atom stereocenters. The van der Waals surface area contributed by atoms with Crippen LogP contribution < -0.4 is 10.1 Å². The lowest BCUT2D eigenvalue weighted by molar-refractivity contribution is -0.110. The molecule has 2 aliphatic rings. The fraction of sp³-hybridized carbons (Fsp3) is 0.0556. The van der Waals surface area contributed by atoms with Crippen molar-refractivity contribution in [2.75, 3.05) is 11.9 Å². The van der Waals surface area contributed by atoms with Gasteiger partial charge in [-0.05, 0) is 42.0 Å². The lowest BCUT2D eigenvalue weighted by atomic mass is 10.0. The highest BCUT2D eigenvalue weighted by Gasteiger charge is 2.24. The lowest BCUT2D eigenvalue weighted by Crippen LogP contribution is -2.08. The van der Waals surface area contributed by atoms with E-state index in [1.165, 1.54) is 0 Å². The average Bonchev–Trinajstić information content (AvgIpc) is 2.83. The van der Waals surface area contributed by atoms with Gasteiger partial charge in [0.15, 0.2) is 0 Å². The van der Waals surface area contributed by atoms with Gasteiger partial charge in [0, 0.05) is 27.4 Å². The van der Waals surface area contributed by atoms with E-state index >= 15 is 0 Å². The first-order chi connectivity index (χ1) is 10.7. The highest BCUT2D eigenvalue weighted by Crippen LogP contribution is 2.34. The average molecular weight is 310 g/mol. The summed E-state index contributed by atoms with van der Waals surface area (Å²) in [5, 5.41) is 3.53. The summed E-state index contributed by atoms with van der Waals surface area (Å²) < 4.78 is 5.72. The van der Waals surface area contributed by atoms with Gasteiger partial charge in [-0.15, -0.1) is 0 Å². The zero-order chi connectivity index (χ0) is 15.1. The van der Waals surface area contributed by atoms with E-state index in [1.54, 1.807) is 6.07 Å². The van der Waals surface area contributed by atoms with Crippen LogP contribution in [0.3, 0.4) is 0 Å². The third kappa shape index (κ3) is 2.20. The number of ether oxygens (including phenoxy) is 1. The van der Waals surface area contributed by atoms with Crippen molar-refractivity contribution >= 4 is 34.8 Å². The molecule has 108 valence electrons. The second-order valence-electron chi connectivity index (χ2n) is 5.25. The molecular formula is C18H12ClNO2. The van der Waals surface area contributed by atoms with Crippen molar-refractivity contribution in [3.05, 3.63) is 70.3 Å². The summed E-state index contributed by atoms with van der Waals surface area (Å²) in [6, 6.07) is 13.2. The van der Waals surface area contributed by atoms with Gasteiger partial charge >= 0.3 is 0 Å². The molecule has 0 aromatic heterocycles. The smallest absolute Gasteiger partial charge is 0.256 e. The summed E-state index contributed by atoms with van der Waals surface area (Å²) in [6.45, 7) is 0.438. The fourth-order valence-corrected chi connectivity index (χ4v) is 2.90. The Bertz CT molecular complexity index is 852. The number of para-hydroxylation sites is 1. The summed E-state index contributed by atoms with van der Waals surface area (Å²) in [5.74, 6) is 0.724. The molecule has 1 amide bonds. The van der Waals surface area contributed by atoms with Gasteiger partial charge in [0.25, 0.3) is 5.91 Å². The number of carbonyl (C=O) groups excluding carboxylic acids is 1. The van der Waals surface area contributed by atoms with E-state index in [1.807, 2.05) is 48.6 Å². The minimum atomic E-state index is -0.0843. The second-order valence-corrected chi connectivity index (χ2v) is 5.68. The summed E-state index contributed by atoms with van der Waals surface area (Å²) in [7, 11) is 0. The molecule has 22 heavy (non-hydrogen) atoms. The SMILES string of the molecule is O=C1Nc2ccccc2/C1=C/C1=Cc2cc(Cl)ccc2OC1. The Hall–Kier alpha value is -2.52. The van der Waals surface area contributed by atoms with Crippen molar-refractivity contribution in [3.63, 3.8) is 0 Å². The Balaban J connectivity index is 1.76. The quantitative estimate of drug-likeness (QED) is 0.804. The summed E-state index contributed by atoms with van der Waals surface area (Å²) in [4.78, 5) is 12.1. The zero-order valence-corrected chi connectivity index (χ0v) is 12.4. The van der Waals surface area contributed by atoms with Crippen LogP contribution in [0.1, 0.15) is 11.1 Å². The van der Waals surface area contributed by atoms with Crippen LogP contribution >= 0.6 is 11.6 Å². The first-order valence-electron chi connectivity index (χ1n) is 6.96. The van der Waals surface area contributed by atoms with Gasteiger partial charge in [-0.3, -0.25) is 4.79 Å². The molecule has 3 nitrogen and oxygen atoms in total. The van der Waals surface area contributed by atoms with Crippen LogP contribution in [0.15, 0.2) is 54.1 Å². The maximum atomic E-state index is 12.1. The van der Waals surface area contributed by atoms with Crippen LogP contribution in [0.2, 0.25) is 5.02 Å². The number of anilines is 1. The van der Waals surface area contributed by atoms with Crippen molar-refractivity contribution in [1.29, 1.82) is 0 Å². The standard InChI is InChI=1S/C18H12ClNO2/c19-13-5-6-17-12(9-13)7-11(10-22-17)8-15-14-3-1-2-4-16(14)20-18(15)21/h1-9H,10H2,(H,20,21)/b15-8-. The maximum absolute atomic E-state index is 12.1. The molecule has 0 bridgehead atoms. The molecule has 2 aliphatic heterocycles. The molecule has 0 spiro atoms. The Morgan fingerprint density at radius 2 is 2.05 bits per heavy atom. The minimum Gasteiger partial charge on any atom is -0.488 e. The Labute approximate surface area is 132 Å². The number of rotatable bonds is 1. The molecule has 0 radical (unpaired) electrons. The Morgan fingerprint density at radius 1 is 1.18 bits per heavy atom. The van der Waals surface area contributed by atoms with Crippen LogP contribution in [0, 0.1) is 0 Å². The van der Waals surface area contributed by atoms with Crippen molar-refractivity contribution in [3.8, 4) is 5.75 Å². The molecule has 4 rings (SSSR count). The third-order valence-corrected chi connectivity index (χ3v) is 3.98. The molecule has 2 aromatic carbocycles. The number of halogens is 1. The van der Waals surface area contributed by atoms with Gasteiger partial charge in [0.1, 0.15) is 12.4 Å². The van der Waals surface area contributed by atoms with Crippen molar-refractivity contribution in [2.45, 2.75) is 0 Å². The third-order valence-electron chi connectivity index (χ3n) is 3.75. The van der Waals surface area contributed by atoms with Crippen molar-refractivity contribution in [2.24, 2.45) is 0 Å². The van der Waals surface area contributed by atoms with Gasteiger partial charge in [-0.25, -0.2) is 0 Å².